The van der Waals surface area contributed by atoms with Crippen molar-refractivity contribution in [2.24, 2.45) is 5.92 Å². The lowest BCUT2D eigenvalue weighted by Gasteiger charge is -2.31. The summed E-state index contributed by atoms with van der Waals surface area (Å²) >= 11 is 0. The number of ketones is 1. The van der Waals surface area contributed by atoms with Gasteiger partial charge in [0.2, 0.25) is 10.0 Å². The zero-order chi connectivity index (χ0) is 17.2. The number of hydrogen-bond donors (Lipinski definition) is 1. The highest BCUT2D eigenvalue weighted by atomic mass is 32.2. The third-order valence-corrected chi connectivity index (χ3v) is 6.86. The van der Waals surface area contributed by atoms with Crippen LogP contribution < -0.4 is 5.32 Å². The van der Waals surface area contributed by atoms with E-state index >= 15 is 0 Å². The molecule has 1 aliphatic heterocycles. The van der Waals surface area contributed by atoms with E-state index in [1.165, 1.54) is 18.9 Å². The number of rotatable bonds is 7. The summed E-state index contributed by atoms with van der Waals surface area (Å²) in [6.07, 6.45) is 4.72. The van der Waals surface area contributed by atoms with Gasteiger partial charge in [0.1, 0.15) is 0 Å². The van der Waals surface area contributed by atoms with Crippen LogP contribution in [0.25, 0.3) is 0 Å². The van der Waals surface area contributed by atoms with Gasteiger partial charge in [0.05, 0.1) is 4.90 Å². The van der Waals surface area contributed by atoms with Crippen LogP contribution in [0.4, 0.5) is 0 Å². The number of Topliss-reactive ketones (excluding diaryl/α,β-unsaturated/α-hetero) is 1. The Labute approximate surface area is 144 Å². The number of piperidine rings is 1. The number of nitrogens with zero attached hydrogens (tertiary/aromatic N) is 1. The van der Waals surface area contributed by atoms with Crippen LogP contribution in [-0.4, -0.2) is 44.2 Å². The minimum absolute atomic E-state index is 0.0324. The van der Waals surface area contributed by atoms with Crippen molar-refractivity contribution in [3.05, 3.63) is 29.8 Å². The van der Waals surface area contributed by atoms with Gasteiger partial charge in [-0.1, -0.05) is 19.1 Å². The van der Waals surface area contributed by atoms with Gasteiger partial charge in [0, 0.05) is 31.1 Å². The number of sulfonamides is 1. The maximum absolute atomic E-state index is 12.8. The number of carbonyl (C=O) groups excluding carboxylic acids is 1. The molecule has 1 N–H and O–H groups in total. The summed E-state index contributed by atoms with van der Waals surface area (Å²) in [6, 6.07) is 6.85. The minimum atomic E-state index is -3.52. The molecule has 1 aromatic rings. The second kappa shape index (κ2) is 7.33. The largest absolute Gasteiger partial charge is 0.314 e. The molecular weight excluding hydrogens is 324 g/mol. The Balaban J connectivity index is 1.64. The van der Waals surface area contributed by atoms with E-state index in [0.717, 1.165) is 25.3 Å². The van der Waals surface area contributed by atoms with Crippen LogP contribution in [0.2, 0.25) is 0 Å². The lowest BCUT2D eigenvalue weighted by atomic mass is 10.1. The van der Waals surface area contributed by atoms with Gasteiger partial charge in [-0.25, -0.2) is 8.42 Å². The summed E-state index contributed by atoms with van der Waals surface area (Å²) in [4.78, 5) is 12.1. The molecule has 2 aliphatic rings. The molecule has 0 aromatic heterocycles. The molecule has 3 rings (SSSR count). The van der Waals surface area contributed by atoms with Gasteiger partial charge in [-0.3, -0.25) is 4.79 Å². The van der Waals surface area contributed by atoms with Crippen LogP contribution in [0.15, 0.2) is 29.2 Å². The highest BCUT2D eigenvalue weighted by molar-refractivity contribution is 7.89. The molecule has 24 heavy (non-hydrogen) atoms. The monoisotopic (exact) mass is 350 g/mol. The van der Waals surface area contributed by atoms with E-state index in [0.29, 0.717) is 31.1 Å². The van der Waals surface area contributed by atoms with Gasteiger partial charge in [-0.2, -0.15) is 4.31 Å². The Kier molecular flexibility index (Phi) is 5.37. The molecule has 0 amide bonds. The molecule has 0 radical (unpaired) electrons. The maximum atomic E-state index is 12.8. The summed E-state index contributed by atoms with van der Waals surface area (Å²) in [5.41, 5.74) is 0.472. The predicted octanol–water partition coefficient (Wildman–Crippen LogP) is 2.43. The number of nitrogens with one attached hydrogen (secondary N) is 1. The fourth-order valence-electron chi connectivity index (χ4n) is 3.14. The summed E-state index contributed by atoms with van der Waals surface area (Å²) < 4.78 is 27.2. The van der Waals surface area contributed by atoms with Crippen molar-refractivity contribution in [3.63, 3.8) is 0 Å². The van der Waals surface area contributed by atoms with Crippen LogP contribution in [0.3, 0.4) is 0 Å². The Bertz CT molecular complexity index is 690. The van der Waals surface area contributed by atoms with E-state index in [2.05, 4.69) is 5.32 Å². The lowest BCUT2D eigenvalue weighted by molar-refractivity contribution is 0.0988. The van der Waals surface area contributed by atoms with Crippen molar-refractivity contribution in [1.29, 1.82) is 0 Å². The Morgan fingerprint density at radius 1 is 1.21 bits per heavy atom. The predicted molar refractivity (Wildman–Crippen MR) is 93.6 cm³/mol. The molecule has 0 spiro atoms. The zero-order valence-electron chi connectivity index (χ0n) is 14.2. The minimum Gasteiger partial charge on any atom is -0.314 e. The second-order valence-corrected chi connectivity index (χ2v) is 8.77. The molecular formula is C18H26N2O3S. The first-order chi connectivity index (χ1) is 11.5. The molecule has 1 saturated carbocycles. The van der Waals surface area contributed by atoms with Gasteiger partial charge < -0.3 is 5.32 Å². The molecule has 1 aliphatic carbocycles. The Morgan fingerprint density at radius 3 is 2.54 bits per heavy atom. The topological polar surface area (TPSA) is 66.5 Å². The number of hydrogen-bond acceptors (Lipinski definition) is 4. The molecule has 0 unspecified atom stereocenters. The smallest absolute Gasteiger partial charge is 0.243 e. The average Bonchev–Trinajstić information content (AvgIpc) is 3.44. The fourth-order valence-corrected chi connectivity index (χ4v) is 4.65. The maximum Gasteiger partial charge on any atom is 0.243 e. The van der Waals surface area contributed by atoms with Crippen molar-refractivity contribution in [3.8, 4) is 0 Å². The first kappa shape index (κ1) is 17.6. The number of carbonyl (C=O) groups is 1. The van der Waals surface area contributed by atoms with Crippen molar-refractivity contribution in [1.82, 2.24) is 9.62 Å². The normalized spacial score (nSPS) is 20.2. The van der Waals surface area contributed by atoms with Gasteiger partial charge in [0.25, 0.3) is 0 Å². The summed E-state index contributed by atoms with van der Waals surface area (Å²) in [5, 5.41) is 3.56. The third kappa shape index (κ3) is 4.05. The molecule has 132 valence electrons. The molecule has 6 heteroatoms. The van der Waals surface area contributed by atoms with Crippen molar-refractivity contribution >= 4 is 15.8 Å². The summed E-state index contributed by atoms with van der Waals surface area (Å²) in [6.45, 7) is 3.93. The van der Waals surface area contributed by atoms with Crippen LogP contribution in [0.5, 0.6) is 0 Å². The summed E-state index contributed by atoms with van der Waals surface area (Å²) in [5.74, 6) is 0.806. The van der Waals surface area contributed by atoms with Crippen LogP contribution >= 0.6 is 0 Å². The molecule has 1 aromatic carbocycles. The molecule has 0 atom stereocenters. The average molecular weight is 350 g/mol. The Hall–Kier alpha value is -1.24. The van der Waals surface area contributed by atoms with Gasteiger partial charge in [-0.15, -0.1) is 0 Å². The first-order valence-electron chi connectivity index (χ1n) is 8.87. The van der Waals surface area contributed by atoms with Crippen molar-refractivity contribution < 1.29 is 13.2 Å². The molecule has 1 saturated heterocycles. The molecule has 1 heterocycles. The van der Waals surface area contributed by atoms with Crippen LogP contribution in [0, 0.1) is 5.92 Å². The second-order valence-electron chi connectivity index (χ2n) is 6.83. The molecule has 0 bridgehead atoms. The van der Waals surface area contributed by atoms with Gasteiger partial charge in [0.15, 0.2) is 5.78 Å². The van der Waals surface area contributed by atoms with E-state index in [-0.39, 0.29) is 10.7 Å². The van der Waals surface area contributed by atoms with Crippen molar-refractivity contribution in [2.75, 3.05) is 19.6 Å². The van der Waals surface area contributed by atoms with E-state index in [4.69, 9.17) is 0 Å². The van der Waals surface area contributed by atoms with Crippen LogP contribution in [-0.2, 0) is 10.0 Å². The molecule has 5 nitrogen and oxygen atoms in total. The first-order valence-corrected chi connectivity index (χ1v) is 10.3. The van der Waals surface area contributed by atoms with Gasteiger partial charge >= 0.3 is 0 Å². The quantitative estimate of drug-likeness (QED) is 0.767. The van der Waals surface area contributed by atoms with E-state index < -0.39 is 10.0 Å². The number of benzene rings is 1. The van der Waals surface area contributed by atoms with E-state index in [9.17, 15) is 13.2 Å². The highest BCUT2D eigenvalue weighted by Crippen LogP contribution is 2.28. The Morgan fingerprint density at radius 2 is 1.92 bits per heavy atom. The lowest BCUT2D eigenvalue weighted by Crippen LogP contribution is -2.45. The molecule has 2 fully saturated rings. The SMILES string of the molecule is CCC(=O)c1cccc(S(=O)(=O)N2CCC(NCC3CC3)CC2)c1. The van der Waals surface area contributed by atoms with Crippen molar-refractivity contribution in [2.45, 2.75) is 50.0 Å². The van der Waals surface area contributed by atoms with Crippen LogP contribution in [0.1, 0.15) is 49.4 Å². The standard InChI is InChI=1S/C18H26N2O3S/c1-2-18(21)15-4-3-5-17(12-15)24(22,23)20-10-8-16(9-11-20)19-13-14-6-7-14/h3-5,12,14,16,19H,2,6-11,13H2,1H3. The zero-order valence-corrected chi connectivity index (χ0v) is 15.0. The van der Waals surface area contributed by atoms with E-state index in [1.807, 2.05) is 0 Å². The van der Waals surface area contributed by atoms with E-state index in [1.54, 1.807) is 29.4 Å². The fraction of sp³-hybridized carbons (Fsp3) is 0.611. The third-order valence-electron chi connectivity index (χ3n) is 4.96. The highest BCUT2D eigenvalue weighted by Gasteiger charge is 2.30. The summed E-state index contributed by atoms with van der Waals surface area (Å²) in [7, 11) is -3.52. The van der Waals surface area contributed by atoms with Gasteiger partial charge in [-0.05, 0) is 50.3 Å².